The number of primary amides is 1. The normalized spacial score (nSPS) is 12.3. The number of nitrogens with zero attached hydrogens (tertiary/aromatic N) is 1. The first-order valence-electron chi connectivity index (χ1n) is 5.40. The zero-order valence-corrected chi connectivity index (χ0v) is 9.87. The standard InChI is InChI=1S/C14H14N2O2/c1-2-6-11(14(16)17)9-13(10-15)18-12-7-4-3-5-8-12/h2-5,7-9,13H,1,6H2,(H2,16,17). The van der Waals surface area contributed by atoms with Crippen molar-refractivity contribution in [1.82, 2.24) is 0 Å². The third kappa shape index (κ3) is 4.14. The first-order chi connectivity index (χ1) is 8.67. The lowest BCUT2D eigenvalue weighted by atomic mass is 10.1. The van der Waals surface area contributed by atoms with Crippen LogP contribution in [0.1, 0.15) is 6.42 Å². The predicted molar refractivity (Wildman–Crippen MR) is 68.6 cm³/mol. The Morgan fingerprint density at radius 3 is 2.67 bits per heavy atom. The summed E-state index contributed by atoms with van der Waals surface area (Å²) >= 11 is 0. The zero-order valence-electron chi connectivity index (χ0n) is 9.87. The van der Waals surface area contributed by atoms with Crippen LogP contribution in [-0.2, 0) is 4.79 Å². The first kappa shape index (κ1) is 13.5. The highest BCUT2D eigenvalue weighted by Gasteiger charge is 2.10. The molecule has 1 aromatic carbocycles. The molecular formula is C14H14N2O2. The van der Waals surface area contributed by atoms with Crippen molar-refractivity contribution in [2.45, 2.75) is 12.5 Å². The number of nitriles is 1. The molecule has 0 heterocycles. The van der Waals surface area contributed by atoms with Gasteiger partial charge in [-0.05, 0) is 24.6 Å². The van der Waals surface area contributed by atoms with Crippen molar-refractivity contribution in [3.05, 3.63) is 54.6 Å². The molecule has 0 aliphatic carbocycles. The van der Waals surface area contributed by atoms with E-state index in [0.29, 0.717) is 17.7 Å². The maximum atomic E-state index is 11.1. The van der Waals surface area contributed by atoms with Crippen LogP contribution in [0, 0.1) is 11.3 Å². The molecule has 1 aromatic rings. The molecule has 4 nitrogen and oxygen atoms in total. The Bertz CT molecular complexity index is 486. The lowest BCUT2D eigenvalue weighted by Gasteiger charge is -2.09. The second-order valence-corrected chi connectivity index (χ2v) is 3.53. The molecule has 0 saturated heterocycles. The zero-order chi connectivity index (χ0) is 13.4. The van der Waals surface area contributed by atoms with Gasteiger partial charge in [-0.2, -0.15) is 5.26 Å². The average molecular weight is 242 g/mol. The summed E-state index contributed by atoms with van der Waals surface area (Å²) in [5.41, 5.74) is 5.51. The molecule has 18 heavy (non-hydrogen) atoms. The Morgan fingerprint density at radius 2 is 2.17 bits per heavy atom. The van der Waals surface area contributed by atoms with E-state index < -0.39 is 12.0 Å². The summed E-state index contributed by atoms with van der Waals surface area (Å²) in [7, 11) is 0. The van der Waals surface area contributed by atoms with Gasteiger partial charge < -0.3 is 10.5 Å². The van der Waals surface area contributed by atoms with Gasteiger partial charge in [0.25, 0.3) is 0 Å². The molecule has 1 atom stereocenters. The molecule has 0 radical (unpaired) electrons. The van der Waals surface area contributed by atoms with E-state index in [4.69, 9.17) is 15.7 Å². The molecule has 0 bridgehead atoms. The fourth-order valence-electron chi connectivity index (χ4n) is 1.33. The predicted octanol–water partition coefficient (Wildman–Crippen LogP) is 1.95. The van der Waals surface area contributed by atoms with Gasteiger partial charge in [0.05, 0.1) is 0 Å². The number of rotatable bonds is 6. The summed E-state index contributed by atoms with van der Waals surface area (Å²) in [6.45, 7) is 3.53. The van der Waals surface area contributed by atoms with Crippen molar-refractivity contribution in [2.75, 3.05) is 0 Å². The first-order valence-corrected chi connectivity index (χ1v) is 5.40. The van der Waals surface area contributed by atoms with Crippen LogP contribution < -0.4 is 10.5 Å². The fraction of sp³-hybridized carbons (Fsp3) is 0.143. The van der Waals surface area contributed by atoms with Gasteiger partial charge >= 0.3 is 0 Å². The van der Waals surface area contributed by atoms with Crippen LogP contribution in [0.4, 0.5) is 0 Å². The van der Waals surface area contributed by atoms with Gasteiger partial charge in [0.1, 0.15) is 11.8 Å². The minimum absolute atomic E-state index is 0.311. The number of carbonyl (C=O) groups excluding carboxylic acids is 1. The number of ether oxygens (including phenoxy) is 1. The van der Waals surface area contributed by atoms with Crippen LogP contribution in [0.5, 0.6) is 5.75 Å². The Morgan fingerprint density at radius 1 is 1.50 bits per heavy atom. The smallest absolute Gasteiger partial charge is 0.244 e. The molecule has 0 aromatic heterocycles. The van der Waals surface area contributed by atoms with Gasteiger partial charge in [0.2, 0.25) is 12.0 Å². The molecule has 4 heteroatoms. The summed E-state index contributed by atoms with van der Waals surface area (Å²) in [5, 5.41) is 8.99. The summed E-state index contributed by atoms with van der Waals surface area (Å²) < 4.78 is 5.41. The van der Waals surface area contributed by atoms with Crippen LogP contribution in [-0.4, -0.2) is 12.0 Å². The number of nitrogens with two attached hydrogens (primary N) is 1. The van der Waals surface area contributed by atoms with E-state index in [1.165, 1.54) is 6.08 Å². The fourth-order valence-corrected chi connectivity index (χ4v) is 1.33. The maximum absolute atomic E-state index is 11.1. The van der Waals surface area contributed by atoms with Crippen molar-refractivity contribution in [2.24, 2.45) is 5.73 Å². The molecule has 0 saturated carbocycles. The molecule has 0 aliphatic rings. The Balaban J connectivity index is 2.84. The van der Waals surface area contributed by atoms with Crippen molar-refractivity contribution < 1.29 is 9.53 Å². The van der Waals surface area contributed by atoms with Gasteiger partial charge in [-0.15, -0.1) is 6.58 Å². The van der Waals surface area contributed by atoms with E-state index in [9.17, 15) is 4.79 Å². The van der Waals surface area contributed by atoms with E-state index in [-0.39, 0.29) is 0 Å². The van der Waals surface area contributed by atoms with Crippen LogP contribution in [0.2, 0.25) is 0 Å². The van der Waals surface area contributed by atoms with Gasteiger partial charge in [0.15, 0.2) is 0 Å². The van der Waals surface area contributed by atoms with Gasteiger partial charge in [-0.1, -0.05) is 24.3 Å². The maximum Gasteiger partial charge on any atom is 0.244 e. The molecule has 0 fully saturated rings. The summed E-state index contributed by atoms with van der Waals surface area (Å²) in [4.78, 5) is 11.1. The van der Waals surface area contributed by atoms with Crippen molar-refractivity contribution >= 4 is 5.91 Å². The second kappa shape index (κ2) is 6.92. The monoisotopic (exact) mass is 242 g/mol. The van der Waals surface area contributed by atoms with Crippen molar-refractivity contribution in [3.63, 3.8) is 0 Å². The molecular weight excluding hydrogens is 228 g/mol. The van der Waals surface area contributed by atoms with Crippen LogP contribution in [0.25, 0.3) is 0 Å². The van der Waals surface area contributed by atoms with Crippen molar-refractivity contribution in [1.29, 1.82) is 5.26 Å². The third-order valence-electron chi connectivity index (χ3n) is 2.17. The number of allylic oxidation sites excluding steroid dienone is 1. The Kier molecular flexibility index (Phi) is 5.20. The van der Waals surface area contributed by atoms with E-state index in [1.54, 1.807) is 30.3 Å². The largest absolute Gasteiger partial charge is 0.471 e. The topological polar surface area (TPSA) is 76.1 Å². The summed E-state index contributed by atoms with van der Waals surface area (Å²) in [6.07, 6.45) is 2.42. The lowest BCUT2D eigenvalue weighted by molar-refractivity contribution is -0.114. The van der Waals surface area contributed by atoms with E-state index in [2.05, 4.69) is 6.58 Å². The van der Waals surface area contributed by atoms with Crippen LogP contribution >= 0.6 is 0 Å². The number of para-hydroxylation sites is 1. The Hall–Kier alpha value is -2.54. The molecule has 92 valence electrons. The SMILES string of the molecule is C=CCC(=CC(C#N)Oc1ccccc1)C(N)=O. The van der Waals surface area contributed by atoms with Gasteiger partial charge in [-0.25, -0.2) is 0 Å². The highest BCUT2D eigenvalue weighted by molar-refractivity contribution is 5.92. The van der Waals surface area contributed by atoms with E-state index in [1.807, 2.05) is 12.1 Å². The minimum atomic E-state index is -0.852. The molecule has 1 unspecified atom stereocenters. The van der Waals surface area contributed by atoms with Crippen molar-refractivity contribution in [3.8, 4) is 11.8 Å². The third-order valence-corrected chi connectivity index (χ3v) is 2.17. The highest BCUT2D eigenvalue weighted by atomic mass is 16.5. The van der Waals surface area contributed by atoms with Gasteiger partial charge in [0, 0.05) is 5.57 Å². The molecule has 2 N–H and O–H groups in total. The molecule has 1 rings (SSSR count). The van der Waals surface area contributed by atoms with Crippen LogP contribution in [0.15, 0.2) is 54.6 Å². The molecule has 0 aliphatic heterocycles. The number of carbonyl (C=O) groups is 1. The summed E-state index contributed by atoms with van der Waals surface area (Å²) in [6, 6.07) is 10.9. The summed E-state index contributed by atoms with van der Waals surface area (Å²) in [5.74, 6) is -0.0189. The second-order valence-electron chi connectivity index (χ2n) is 3.53. The molecule has 0 spiro atoms. The highest BCUT2D eigenvalue weighted by Crippen LogP contribution is 2.13. The molecule has 1 amide bonds. The lowest BCUT2D eigenvalue weighted by Crippen LogP contribution is -2.18. The quantitative estimate of drug-likeness (QED) is 0.611. The average Bonchev–Trinajstić information content (AvgIpc) is 2.38. The van der Waals surface area contributed by atoms with E-state index in [0.717, 1.165) is 0 Å². The number of hydrogen-bond donors (Lipinski definition) is 1. The number of amides is 1. The number of hydrogen-bond acceptors (Lipinski definition) is 3. The van der Waals surface area contributed by atoms with Crippen LogP contribution in [0.3, 0.4) is 0 Å². The Labute approximate surface area is 106 Å². The number of benzene rings is 1. The minimum Gasteiger partial charge on any atom is -0.471 e. The van der Waals surface area contributed by atoms with Gasteiger partial charge in [-0.3, -0.25) is 4.79 Å². The van der Waals surface area contributed by atoms with E-state index >= 15 is 0 Å².